The molecule has 0 amide bonds. The highest BCUT2D eigenvalue weighted by atomic mass is 19.1. The molecule has 0 aromatic heterocycles. The van der Waals surface area contributed by atoms with Crippen molar-refractivity contribution in [2.75, 3.05) is 18.5 Å². The molecule has 0 heterocycles. The Morgan fingerprint density at radius 2 is 1.67 bits per heavy atom. The van der Waals surface area contributed by atoms with Gasteiger partial charge < -0.3 is 10.0 Å². The van der Waals surface area contributed by atoms with Gasteiger partial charge in [-0.3, -0.25) is 0 Å². The van der Waals surface area contributed by atoms with E-state index in [-0.39, 0.29) is 5.82 Å². The van der Waals surface area contributed by atoms with Crippen LogP contribution in [0.4, 0.5) is 10.1 Å². The summed E-state index contributed by atoms with van der Waals surface area (Å²) >= 11 is 0. The molecule has 0 saturated carbocycles. The third-order valence-electron chi connectivity index (χ3n) is 3.62. The van der Waals surface area contributed by atoms with E-state index in [0.29, 0.717) is 6.54 Å². The zero-order valence-corrected chi connectivity index (χ0v) is 12.6. The third kappa shape index (κ3) is 4.30. The van der Waals surface area contributed by atoms with E-state index in [1.54, 1.807) is 12.1 Å². The van der Waals surface area contributed by atoms with Crippen molar-refractivity contribution in [3.05, 3.63) is 65.5 Å². The number of rotatable bonds is 6. The standard InChI is InChI=1S/C18H22FNO/c1-3-4-14-5-7-15(8-6-14)18(21)13-20(2)17-11-9-16(19)10-12-17/h5-12,18,21H,3-4,13H2,1-2H3. The summed E-state index contributed by atoms with van der Waals surface area (Å²) in [5, 5.41) is 10.3. The lowest BCUT2D eigenvalue weighted by Gasteiger charge is -2.23. The number of halogens is 1. The minimum atomic E-state index is -0.560. The van der Waals surface area contributed by atoms with Gasteiger partial charge in [0, 0.05) is 19.3 Å². The van der Waals surface area contributed by atoms with Gasteiger partial charge in [0.2, 0.25) is 0 Å². The molecule has 2 rings (SSSR count). The maximum Gasteiger partial charge on any atom is 0.123 e. The van der Waals surface area contributed by atoms with Crippen LogP contribution in [0.1, 0.15) is 30.6 Å². The van der Waals surface area contributed by atoms with Gasteiger partial charge in [-0.1, -0.05) is 37.6 Å². The number of likely N-dealkylation sites (N-methyl/N-ethyl adjacent to an activating group) is 1. The molecule has 0 bridgehead atoms. The number of anilines is 1. The molecule has 0 aliphatic heterocycles. The normalized spacial score (nSPS) is 12.2. The number of aliphatic hydroxyl groups is 1. The molecule has 0 aliphatic rings. The Morgan fingerprint density at radius 1 is 1.05 bits per heavy atom. The van der Waals surface area contributed by atoms with Crippen molar-refractivity contribution in [3.63, 3.8) is 0 Å². The Hall–Kier alpha value is -1.87. The van der Waals surface area contributed by atoms with E-state index in [2.05, 4.69) is 19.1 Å². The van der Waals surface area contributed by atoms with Gasteiger partial charge in [-0.15, -0.1) is 0 Å². The number of hydrogen-bond donors (Lipinski definition) is 1. The van der Waals surface area contributed by atoms with E-state index in [0.717, 1.165) is 24.1 Å². The fourth-order valence-corrected chi connectivity index (χ4v) is 2.36. The van der Waals surface area contributed by atoms with Gasteiger partial charge in [0.05, 0.1) is 6.10 Å². The first-order valence-corrected chi connectivity index (χ1v) is 7.33. The maximum atomic E-state index is 12.9. The van der Waals surface area contributed by atoms with Crippen molar-refractivity contribution in [1.82, 2.24) is 0 Å². The molecule has 112 valence electrons. The van der Waals surface area contributed by atoms with Crippen molar-refractivity contribution >= 4 is 5.69 Å². The highest BCUT2D eigenvalue weighted by Gasteiger charge is 2.11. The molecule has 1 N–H and O–H groups in total. The van der Waals surface area contributed by atoms with Crippen LogP contribution in [0.3, 0.4) is 0 Å². The van der Waals surface area contributed by atoms with E-state index < -0.39 is 6.10 Å². The van der Waals surface area contributed by atoms with Gasteiger partial charge in [-0.05, 0) is 41.8 Å². The predicted molar refractivity (Wildman–Crippen MR) is 85.1 cm³/mol. The molecule has 2 aromatic rings. The molecule has 2 aromatic carbocycles. The van der Waals surface area contributed by atoms with E-state index in [1.807, 2.05) is 24.1 Å². The monoisotopic (exact) mass is 287 g/mol. The van der Waals surface area contributed by atoms with Gasteiger partial charge >= 0.3 is 0 Å². The second kappa shape index (κ2) is 7.23. The molecule has 0 saturated heterocycles. The fourth-order valence-electron chi connectivity index (χ4n) is 2.36. The predicted octanol–water partition coefficient (Wildman–Crippen LogP) is 3.95. The summed E-state index contributed by atoms with van der Waals surface area (Å²) in [6.07, 6.45) is 1.62. The van der Waals surface area contributed by atoms with Crippen molar-refractivity contribution in [2.24, 2.45) is 0 Å². The average Bonchev–Trinajstić information content (AvgIpc) is 2.49. The summed E-state index contributed by atoms with van der Waals surface area (Å²) < 4.78 is 12.9. The Morgan fingerprint density at radius 3 is 2.24 bits per heavy atom. The van der Waals surface area contributed by atoms with Crippen LogP contribution < -0.4 is 4.90 Å². The lowest BCUT2D eigenvalue weighted by Crippen LogP contribution is -2.24. The van der Waals surface area contributed by atoms with Crippen molar-refractivity contribution in [1.29, 1.82) is 0 Å². The Bertz CT molecular complexity index is 550. The number of hydrogen-bond acceptors (Lipinski definition) is 2. The molecule has 0 radical (unpaired) electrons. The molecule has 2 nitrogen and oxygen atoms in total. The summed E-state index contributed by atoms with van der Waals surface area (Å²) in [7, 11) is 1.89. The fraction of sp³-hybridized carbons (Fsp3) is 0.333. The highest BCUT2D eigenvalue weighted by molar-refractivity contribution is 5.45. The van der Waals surface area contributed by atoms with Crippen LogP contribution in [0.25, 0.3) is 0 Å². The topological polar surface area (TPSA) is 23.5 Å². The van der Waals surface area contributed by atoms with E-state index in [9.17, 15) is 9.50 Å². The van der Waals surface area contributed by atoms with Crippen LogP contribution in [0.5, 0.6) is 0 Å². The first kappa shape index (κ1) is 15.5. The highest BCUT2D eigenvalue weighted by Crippen LogP contribution is 2.19. The summed E-state index contributed by atoms with van der Waals surface area (Å²) in [6, 6.07) is 14.4. The minimum Gasteiger partial charge on any atom is -0.387 e. The second-order valence-corrected chi connectivity index (χ2v) is 5.36. The van der Waals surface area contributed by atoms with Gasteiger partial charge in [-0.2, -0.15) is 0 Å². The summed E-state index contributed by atoms with van der Waals surface area (Å²) in [5.41, 5.74) is 3.09. The number of benzene rings is 2. The van der Waals surface area contributed by atoms with Crippen LogP contribution in [0, 0.1) is 5.82 Å². The van der Waals surface area contributed by atoms with Crippen LogP contribution in [0.15, 0.2) is 48.5 Å². The minimum absolute atomic E-state index is 0.251. The molecule has 21 heavy (non-hydrogen) atoms. The Balaban J connectivity index is 1.99. The largest absolute Gasteiger partial charge is 0.387 e. The molecular weight excluding hydrogens is 265 g/mol. The molecular formula is C18H22FNO. The molecule has 1 unspecified atom stereocenters. The smallest absolute Gasteiger partial charge is 0.123 e. The summed E-state index contributed by atoms with van der Waals surface area (Å²) in [4.78, 5) is 1.92. The molecule has 0 spiro atoms. The average molecular weight is 287 g/mol. The maximum absolute atomic E-state index is 12.9. The zero-order chi connectivity index (χ0) is 15.2. The van der Waals surface area contributed by atoms with Gasteiger partial charge in [0.25, 0.3) is 0 Å². The van der Waals surface area contributed by atoms with Gasteiger partial charge in [0.1, 0.15) is 5.82 Å². The molecule has 3 heteroatoms. The van der Waals surface area contributed by atoms with E-state index in [4.69, 9.17) is 0 Å². The Kier molecular flexibility index (Phi) is 5.34. The molecule has 1 atom stereocenters. The molecule has 0 fully saturated rings. The molecule has 0 aliphatic carbocycles. The number of nitrogens with zero attached hydrogens (tertiary/aromatic N) is 1. The first-order chi connectivity index (χ1) is 10.1. The summed E-state index contributed by atoms with van der Waals surface area (Å²) in [6.45, 7) is 2.62. The van der Waals surface area contributed by atoms with E-state index in [1.165, 1.54) is 17.7 Å². The van der Waals surface area contributed by atoms with Crippen LogP contribution in [0.2, 0.25) is 0 Å². The SMILES string of the molecule is CCCc1ccc(C(O)CN(C)c2ccc(F)cc2)cc1. The lowest BCUT2D eigenvalue weighted by molar-refractivity contribution is 0.185. The number of aliphatic hydroxyl groups excluding tert-OH is 1. The Labute approximate surface area is 125 Å². The van der Waals surface area contributed by atoms with Crippen molar-refractivity contribution < 1.29 is 9.50 Å². The van der Waals surface area contributed by atoms with Crippen LogP contribution in [-0.4, -0.2) is 18.7 Å². The zero-order valence-electron chi connectivity index (χ0n) is 12.6. The van der Waals surface area contributed by atoms with Crippen molar-refractivity contribution in [3.8, 4) is 0 Å². The lowest BCUT2D eigenvalue weighted by atomic mass is 10.0. The van der Waals surface area contributed by atoms with Crippen LogP contribution in [-0.2, 0) is 6.42 Å². The quantitative estimate of drug-likeness (QED) is 0.869. The van der Waals surface area contributed by atoms with Gasteiger partial charge in [-0.25, -0.2) is 4.39 Å². The van der Waals surface area contributed by atoms with E-state index >= 15 is 0 Å². The first-order valence-electron chi connectivity index (χ1n) is 7.33. The second-order valence-electron chi connectivity index (χ2n) is 5.36. The van der Waals surface area contributed by atoms with Crippen LogP contribution >= 0.6 is 0 Å². The number of aryl methyl sites for hydroxylation is 1. The van der Waals surface area contributed by atoms with Gasteiger partial charge in [0.15, 0.2) is 0 Å². The summed E-state index contributed by atoms with van der Waals surface area (Å²) in [5.74, 6) is -0.251. The van der Waals surface area contributed by atoms with Crippen molar-refractivity contribution in [2.45, 2.75) is 25.9 Å². The third-order valence-corrected chi connectivity index (χ3v) is 3.62.